The predicted octanol–water partition coefficient (Wildman–Crippen LogP) is 4.65. The molecule has 1 heterocycles. The molecule has 0 radical (unpaired) electrons. The monoisotopic (exact) mass is 293 g/mol. The Labute approximate surface area is 129 Å². The van der Waals surface area contributed by atoms with Crippen LogP contribution < -0.4 is 5.32 Å². The van der Waals surface area contributed by atoms with Gasteiger partial charge in [0.25, 0.3) is 5.91 Å². The van der Waals surface area contributed by atoms with Crippen molar-refractivity contribution in [1.82, 2.24) is 5.32 Å². The smallest absolute Gasteiger partial charge is 0.287 e. The Morgan fingerprint density at radius 1 is 1.00 bits per heavy atom. The summed E-state index contributed by atoms with van der Waals surface area (Å²) in [5.41, 5.74) is 0.771. The van der Waals surface area contributed by atoms with Crippen molar-refractivity contribution in [3.8, 4) is 0 Å². The second-order valence-corrected chi connectivity index (χ2v) is 6.12. The molecule has 4 rings (SSSR count). The Balaban J connectivity index is 1.67. The van der Waals surface area contributed by atoms with E-state index < -0.39 is 0 Å². The zero-order chi connectivity index (χ0) is 14.9. The molecule has 0 bridgehead atoms. The van der Waals surface area contributed by atoms with Gasteiger partial charge in [0, 0.05) is 11.4 Å². The van der Waals surface area contributed by atoms with Gasteiger partial charge in [0.15, 0.2) is 5.76 Å². The third kappa shape index (κ3) is 2.37. The average Bonchev–Trinajstić information content (AvgIpc) is 3.00. The lowest BCUT2D eigenvalue weighted by molar-refractivity contribution is 0.0902. The van der Waals surface area contributed by atoms with Gasteiger partial charge in [-0.15, -0.1) is 0 Å². The lowest BCUT2D eigenvalue weighted by atomic mass is 9.95. The quantitative estimate of drug-likeness (QED) is 0.747. The van der Waals surface area contributed by atoms with Gasteiger partial charge >= 0.3 is 0 Å². The van der Waals surface area contributed by atoms with Gasteiger partial charge in [-0.05, 0) is 35.7 Å². The lowest BCUT2D eigenvalue weighted by Crippen LogP contribution is -2.35. The fraction of sp³-hybridized carbons (Fsp3) is 0.316. The number of benzene rings is 2. The molecule has 1 aromatic heterocycles. The Kier molecular flexibility index (Phi) is 3.34. The molecule has 1 aliphatic rings. The van der Waals surface area contributed by atoms with Crippen molar-refractivity contribution < 1.29 is 9.21 Å². The van der Waals surface area contributed by atoms with Gasteiger partial charge in [-0.3, -0.25) is 4.79 Å². The first-order chi connectivity index (χ1) is 10.8. The summed E-state index contributed by atoms with van der Waals surface area (Å²) < 4.78 is 5.77. The van der Waals surface area contributed by atoms with Crippen LogP contribution in [0.4, 0.5) is 0 Å². The number of carbonyl (C=O) groups is 1. The molecule has 0 spiro atoms. The lowest BCUT2D eigenvalue weighted by Gasteiger charge is -2.22. The van der Waals surface area contributed by atoms with Crippen LogP contribution in [0.25, 0.3) is 21.7 Å². The van der Waals surface area contributed by atoms with Gasteiger partial charge in [-0.1, -0.05) is 49.6 Å². The van der Waals surface area contributed by atoms with E-state index in [-0.39, 0.29) is 5.91 Å². The number of carbonyl (C=O) groups excluding carboxylic acids is 1. The minimum atomic E-state index is -0.0906. The SMILES string of the molecule is O=C(NC1CCCCC1)c1cc2c(ccc3ccccc32)o1. The topological polar surface area (TPSA) is 42.2 Å². The van der Waals surface area contributed by atoms with Crippen molar-refractivity contribution in [2.24, 2.45) is 0 Å². The number of fused-ring (bicyclic) bond motifs is 3. The highest BCUT2D eigenvalue weighted by atomic mass is 16.3. The Morgan fingerprint density at radius 3 is 2.68 bits per heavy atom. The fourth-order valence-electron chi connectivity index (χ4n) is 3.41. The van der Waals surface area contributed by atoms with Crippen LogP contribution in [-0.2, 0) is 0 Å². The van der Waals surface area contributed by atoms with E-state index in [1.54, 1.807) is 0 Å². The van der Waals surface area contributed by atoms with E-state index >= 15 is 0 Å². The molecule has 0 aliphatic heterocycles. The molecule has 3 aromatic rings. The van der Waals surface area contributed by atoms with E-state index in [0.717, 1.165) is 34.6 Å². The molecule has 1 aliphatic carbocycles. The minimum Gasteiger partial charge on any atom is -0.451 e. The standard InChI is InChI=1S/C19H19NO2/c21-19(20-14-7-2-1-3-8-14)18-12-16-15-9-5-4-6-13(15)10-11-17(16)22-18/h4-6,9-12,14H,1-3,7-8H2,(H,20,21). The minimum absolute atomic E-state index is 0.0906. The molecule has 112 valence electrons. The first-order valence-corrected chi connectivity index (χ1v) is 8.03. The number of amides is 1. The van der Waals surface area contributed by atoms with E-state index in [1.807, 2.05) is 30.3 Å². The summed E-state index contributed by atoms with van der Waals surface area (Å²) in [5, 5.41) is 6.41. The maximum absolute atomic E-state index is 12.4. The molecule has 0 atom stereocenters. The highest BCUT2D eigenvalue weighted by molar-refractivity contribution is 6.08. The Morgan fingerprint density at radius 2 is 1.82 bits per heavy atom. The van der Waals surface area contributed by atoms with Crippen LogP contribution in [0.3, 0.4) is 0 Å². The molecular weight excluding hydrogens is 274 g/mol. The maximum atomic E-state index is 12.4. The highest BCUT2D eigenvalue weighted by Crippen LogP contribution is 2.28. The summed E-state index contributed by atoms with van der Waals surface area (Å²) in [6, 6.07) is 14.3. The summed E-state index contributed by atoms with van der Waals surface area (Å²) in [5.74, 6) is 0.323. The van der Waals surface area contributed by atoms with Gasteiger partial charge in [-0.2, -0.15) is 0 Å². The molecule has 22 heavy (non-hydrogen) atoms. The van der Waals surface area contributed by atoms with E-state index in [2.05, 4.69) is 17.4 Å². The molecule has 0 saturated heterocycles. The van der Waals surface area contributed by atoms with Crippen LogP contribution in [0.5, 0.6) is 0 Å². The molecule has 3 heteroatoms. The molecule has 0 unspecified atom stereocenters. The Hall–Kier alpha value is -2.29. The van der Waals surface area contributed by atoms with Crippen LogP contribution in [-0.4, -0.2) is 11.9 Å². The zero-order valence-electron chi connectivity index (χ0n) is 12.5. The first kappa shape index (κ1) is 13.4. The summed E-state index contributed by atoms with van der Waals surface area (Å²) in [6.07, 6.45) is 5.85. The third-order valence-corrected chi connectivity index (χ3v) is 4.59. The second-order valence-electron chi connectivity index (χ2n) is 6.12. The van der Waals surface area contributed by atoms with Crippen molar-refractivity contribution in [3.05, 3.63) is 48.2 Å². The largest absolute Gasteiger partial charge is 0.451 e. The molecule has 1 saturated carbocycles. The number of furan rings is 1. The first-order valence-electron chi connectivity index (χ1n) is 8.03. The van der Waals surface area contributed by atoms with E-state index in [4.69, 9.17) is 4.42 Å². The summed E-state index contributed by atoms with van der Waals surface area (Å²) in [7, 11) is 0. The van der Waals surface area contributed by atoms with Crippen molar-refractivity contribution in [2.75, 3.05) is 0 Å². The van der Waals surface area contributed by atoms with Crippen LogP contribution >= 0.6 is 0 Å². The molecular formula is C19H19NO2. The van der Waals surface area contributed by atoms with E-state index in [1.165, 1.54) is 19.3 Å². The van der Waals surface area contributed by atoms with Crippen molar-refractivity contribution in [3.63, 3.8) is 0 Å². The van der Waals surface area contributed by atoms with Crippen molar-refractivity contribution in [2.45, 2.75) is 38.1 Å². The number of rotatable bonds is 2. The second kappa shape index (κ2) is 5.48. The normalized spacial score (nSPS) is 16.2. The zero-order valence-corrected chi connectivity index (χ0v) is 12.5. The molecule has 1 amide bonds. The average molecular weight is 293 g/mol. The maximum Gasteiger partial charge on any atom is 0.287 e. The van der Waals surface area contributed by atoms with Gasteiger partial charge in [0.05, 0.1) is 0 Å². The Bertz CT molecular complexity index is 828. The molecule has 1 N–H and O–H groups in total. The number of hydrogen-bond acceptors (Lipinski definition) is 2. The van der Waals surface area contributed by atoms with E-state index in [9.17, 15) is 4.79 Å². The number of hydrogen-bond donors (Lipinski definition) is 1. The van der Waals surface area contributed by atoms with Gasteiger partial charge < -0.3 is 9.73 Å². The van der Waals surface area contributed by atoms with Gasteiger partial charge in [0.1, 0.15) is 5.58 Å². The molecule has 1 fully saturated rings. The fourth-order valence-corrected chi connectivity index (χ4v) is 3.41. The summed E-state index contributed by atoms with van der Waals surface area (Å²) >= 11 is 0. The third-order valence-electron chi connectivity index (χ3n) is 4.59. The predicted molar refractivity (Wildman–Crippen MR) is 88.1 cm³/mol. The number of nitrogens with one attached hydrogen (secondary N) is 1. The van der Waals surface area contributed by atoms with Crippen LogP contribution in [0.1, 0.15) is 42.7 Å². The molecule has 2 aromatic carbocycles. The van der Waals surface area contributed by atoms with Crippen LogP contribution in [0.2, 0.25) is 0 Å². The summed E-state index contributed by atoms with van der Waals surface area (Å²) in [4.78, 5) is 12.4. The van der Waals surface area contributed by atoms with Gasteiger partial charge in [-0.25, -0.2) is 0 Å². The highest BCUT2D eigenvalue weighted by Gasteiger charge is 2.19. The van der Waals surface area contributed by atoms with Crippen molar-refractivity contribution >= 4 is 27.6 Å². The van der Waals surface area contributed by atoms with Crippen LogP contribution in [0.15, 0.2) is 46.9 Å². The summed E-state index contributed by atoms with van der Waals surface area (Å²) in [6.45, 7) is 0. The van der Waals surface area contributed by atoms with Crippen molar-refractivity contribution in [1.29, 1.82) is 0 Å². The van der Waals surface area contributed by atoms with Gasteiger partial charge in [0.2, 0.25) is 0 Å². The van der Waals surface area contributed by atoms with E-state index in [0.29, 0.717) is 11.8 Å². The van der Waals surface area contributed by atoms with Crippen LogP contribution in [0, 0.1) is 0 Å². The molecule has 3 nitrogen and oxygen atoms in total.